The summed E-state index contributed by atoms with van der Waals surface area (Å²) in [7, 11) is 0. The number of benzene rings is 1. The van der Waals surface area contributed by atoms with E-state index in [1.165, 1.54) is 17.5 Å². The van der Waals surface area contributed by atoms with E-state index >= 15 is 0 Å². The van der Waals surface area contributed by atoms with Gasteiger partial charge in [-0.25, -0.2) is 9.97 Å². The number of hydrogen-bond donors (Lipinski definition) is 2. The van der Waals surface area contributed by atoms with E-state index in [1.54, 1.807) is 6.33 Å². The lowest BCUT2D eigenvalue weighted by Crippen LogP contribution is -2.32. The number of aliphatic hydroxyl groups is 1. The van der Waals surface area contributed by atoms with Crippen LogP contribution in [0.1, 0.15) is 29.7 Å². The van der Waals surface area contributed by atoms with E-state index in [0.29, 0.717) is 6.04 Å². The fourth-order valence-electron chi connectivity index (χ4n) is 3.15. The van der Waals surface area contributed by atoms with Crippen molar-refractivity contribution in [3.05, 3.63) is 53.5 Å². The van der Waals surface area contributed by atoms with Crippen molar-refractivity contribution in [1.29, 1.82) is 0 Å². The first-order valence-electron chi connectivity index (χ1n) is 8.20. The minimum atomic E-state index is 0.251. The number of nitrogens with one attached hydrogen (secondary N) is 1. The van der Waals surface area contributed by atoms with Crippen molar-refractivity contribution in [1.82, 2.24) is 14.9 Å². The van der Waals surface area contributed by atoms with Crippen LogP contribution in [0.4, 0.5) is 5.82 Å². The van der Waals surface area contributed by atoms with Crippen LogP contribution in [0.5, 0.6) is 0 Å². The Kier molecular flexibility index (Phi) is 5.20. The van der Waals surface area contributed by atoms with Gasteiger partial charge in [-0.3, -0.25) is 4.90 Å². The summed E-state index contributed by atoms with van der Waals surface area (Å²) in [5, 5.41) is 12.9. The van der Waals surface area contributed by atoms with Crippen LogP contribution < -0.4 is 5.32 Å². The van der Waals surface area contributed by atoms with Crippen LogP contribution >= 0.6 is 0 Å². The molecule has 0 aliphatic carbocycles. The molecule has 0 saturated carbocycles. The predicted molar refractivity (Wildman–Crippen MR) is 91.1 cm³/mol. The molecule has 1 aliphatic rings. The Hall–Kier alpha value is -1.98. The van der Waals surface area contributed by atoms with E-state index in [0.717, 1.165) is 37.6 Å². The van der Waals surface area contributed by atoms with Gasteiger partial charge in [-0.05, 0) is 37.4 Å². The van der Waals surface area contributed by atoms with Crippen molar-refractivity contribution in [2.75, 3.05) is 18.5 Å². The van der Waals surface area contributed by atoms with Gasteiger partial charge in [-0.2, -0.15) is 0 Å². The van der Waals surface area contributed by atoms with Gasteiger partial charge in [0.2, 0.25) is 0 Å². The molecule has 1 aromatic carbocycles. The average molecular weight is 312 g/mol. The minimum absolute atomic E-state index is 0.251. The highest BCUT2D eigenvalue weighted by atomic mass is 16.3. The van der Waals surface area contributed by atoms with Gasteiger partial charge in [-0.15, -0.1) is 0 Å². The average Bonchev–Trinajstić information content (AvgIpc) is 3.01. The quantitative estimate of drug-likeness (QED) is 0.857. The molecule has 1 aliphatic heterocycles. The molecule has 0 amide bonds. The van der Waals surface area contributed by atoms with Crippen LogP contribution in [0.3, 0.4) is 0 Å². The highest BCUT2D eigenvalue weighted by Gasteiger charge is 2.24. The first-order valence-corrected chi connectivity index (χ1v) is 8.20. The Bertz CT molecular complexity index is 646. The summed E-state index contributed by atoms with van der Waals surface area (Å²) in [6.07, 6.45) is 3.85. The van der Waals surface area contributed by atoms with Gasteiger partial charge in [-0.1, -0.05) is 24.3 Å². The van der Waals surface area contributed by atoms with Gasteiger partial charge in [0, 0.05) is 30.9 Å². The van der Waals surface area contributed by atoms with Crippen molar-refractivity contribution < 1.29 is 5.11 Å². The molecule has 2 N–H and O–H groups in total. The van der Waals surface area contributed by atoms with E-state index in [9.17, 15) is 5.11 Å². The largest absolute Gasteiger partial charge is 0.395 e. The molecule has 122 valence electrons. The highest BCUT2D eigenvalue weighted by molar-refractivity contribution is 5.37. The fourth-order valence-corrected chi connectivity index (χ4v) is 3.15. The fraction of sp³-hybridized carbons (Fsp3) is 0.444. The molecule has 5 heteroatoms. The van der Waals surface area contributed by atoms with Crippen molar-refractivity contribution in [2.24, 2.45) is 0 Å². The smallest absolute Gasteiger partial charge is 0.129 e. The molecule has 0 radical (unpaired) electrons. The standard InChI is InChI=1S/C18H24N4O/c1-14-9-18(21-13-20-14)19-10-15-5-2-3-6-16(15)11-22-8-4-7-17(22)12-23/h2-3,5-6,9,13,17,23H,4,7-8,10-12H2,1H3,(H,19,20,21)/t17-/m0/s1. The summed E-state index contributed by atoms with van der Waals surface area (Å²) < 4.78 is 0. The summed E-state index contributed by atoms with van der Waals surface area (Å²) in [6, 6.07) is 10.7. The third kappa shape index (κ3) is 4.06. The maximum Gasteiger partial charge on any atom is 0.129 e. The zero-order chi connectivity index (χ0) is 16.1. The summed E-state index contributed by atoms with van der Waals surface area (Å²) in [4.78, 5) is 10.7. The second kappa shape index (κ2) is 7.53. The molecule has 0 unspecified atom stereocenters. The number of aliphatic hydroxyl groups excluding tert-OH is 1. The Labute approximate surface area is 137 Å². The molecule has 2 heterocycles. The van der Waals surface area contributed by atoms with E-state index in [-0.39, 0.29) is 6.61 Å². The molecule has 0 spiro atoms. The van der Waals surface area contributed by atoms with Crippen LogP contribution in [-0.4, -0.2) is 39.2 Å². The Balaban J connectivity index is 1.68. The molecule has 1 fully saturated rings. The second-order valence-corrected chi connectivity index (χ2v) is 6.12. The summed E-state index contributed by atoms with van der Waals surface area (Å²) in [5.41, 5.74) is 3.54. The molecule has 23 heavy (non-hydrogen) atoms. The summed E-state index contributed by atoms with van der Waals surface area (Å²) >= 11 is 0. The van der Waals surface area contributed by atoms with Crippen molar-refractivity contribution >= 4 is 5.82 Å². The van der Waals surface area contributed by atoms with Crippen LogP contribution in [0.25, 0.3) is 0 Å². The zero-order valence-electron chi connectivity index (χ0n) is 13.6. The number of aromatic nitrogens is 2. The van der Waals surface area contributed by atoms with Crippen LogP contribution in [-0.2, 0) is 13.1 Å². The second-order valence-electron chi connectivity index (χ2n) is 6.12. The van der Waals surface area contributed by atoms with E-state index in [1.807, 2.05) is 13.0 Å². The Morgan fingerprint density at radius 2 is 2.09 bits per heavy atom. The Morgan fingerprint density at radius 3 is 2.87 bits per heavy atom. The maximum absolute atomic E-state index is 9.49. The monoisotopic (exact) mass is 312 g/mol. The van der Waals surface area contributed by atoms with E-state index in [2.05, 4.69) is 44.5 Å². The van der Waals surface area contributed by atoms with E-state index < -0.39 is 0 Å². The number of aryl methyl sites for hydroxylation is 1. The summed E-state index contributed by atoms with van der Waals surface area (Å²) in [5.74, 6) is 0.849. The van der Waals surface area contributed by atoms with Gasteiger partial charge in [0.1, 0.15) is 12.1 Å². The maximum atomic E-state index is 9.49. The first kappa shape index (κ1) is 15.9. The first-order chi connectivity index (χ1) is 11.3. The minimum Gasteiger partial charge on any atom is -0.395 e. The van der Waals surface area contributed by atoms with Crippen LogP contribution in [0, 0.1) is 6.92 Å². The number of likely N-dealkylation sites (tertiary alicyclic amines) is 1. The molecule has 1 saturated heterocycles. The third-order valence-electron chi connectivity index (χ3n) is 4.47. The Morgan fingerprint density at radius 1 is 1.26 bits per heavy atom. The van der Waals surface area contributed by atoms with Crippen molar-refractivity contribution in [3.63, 3.8) is 0 Å². The lowest BCUT2D eigenvalue weighted by molar-refractivity contribution is 0.153. The molecule has 0 bridgehead atoms. The molecule has 1 atom stereocenters. The zero-order valence-corrected chi connectivity index (χ0v) is 13.6. The lowest BCUT2D eigenvalue weighted by Gasteiger charge is -2.24. The van der Waals surface area contributed by atoms with E-state index in [4.69, 9.17) is 0 Å². The normalized spacial score (nSPS) is 18.3. The van der Waals surface area contributed by atoms with Gasteiger partial charge >= 0.3 is 0 Å². The highest BCUT2D eigenvalue weighted by Crippen LogP contribution is 2.21. The summed E-state index contributed by atoms with van der Waals surface area (Å²) in [6.45, 7) is 4.91. The molecule has 1 aromatic heterocycles. The topological polar surface area (TPSA) is 61.3 Å². The van der Waals surface area contributed by atoms with Gasteiger partial charge < -0.3 is 10.4 Å². The van der Waals surface area contributed by atoms with Crippen molar-refractivity contribution in [3.8, 4) is 0 Å². The predicted octanol–water partition coefficient (Wildman–Crippen LogP) is 2.35. The third-order valence-corrected chi connectivity index (χ3v) is 4.47. The number of hydrogen-bond acceptors (Lipinski definition) is 5. The number of rotatable bonds is 6. The lowest BCUT2D eigenvalue weighted by atomic mass is 10.1. The van der Waals surface area contributed by atoms with Gasteiger partial charge in [0.05, 0.1) is 6.61 Å². The molecular weight excluding hydrogens is 288 g/mol. The molecule has 3 rings (SSSR count). The molecular formula is C18H24N4O. The van der Waals surface area contributed by atoms with Gasteiger partial charge in [0.15, 0.2) is 0 Å². The van der Waals surface area contributed by atoms with Gasteiger partial charge in [0.25, 0.3) is 0 Å². The van der Waals surface area contributed by atoms with Crippen LogP contribution in [0.15, 0.2) is 36.7 Å². The SMILES string of the molecule is Cc1cc(NCc2ccccc2CN2CCC[C@H]2CO)ncn1. The van der Waals surface area contributed by atoms with Crippen LogP contribution in [0.2, 0.25) is 0 Å². The van der Waals surface area contributed by atoms with Crippen molar-refractivity contribution in [2.45, 2.75) is 38.9 Å². The number of anilines is 1. The number of nitrogens with zero attached hydrogens (tertiary/aromatic N) is 3. The molecule has 5 nitrogen and oxygen atoms in total. The molecule has 2 aromatic rings.